The number of hydrogen-bond acceptors (Lipinski definition) is 3. The van der Waals surface area contributed by atoms with E-state index in [1.54, 1.807) is 11.3 Å². The Morgan fingerprint density at radius 1 is 0.870 bits per heavy atom. The van der Waals surface area contributed by atoms with Crippen LogP contribution in [0.25, 0.3) is 26.8 Å². The van der Waals surface area contributed by atoms with Crippen LogP contribution < -0.4 is 0 Å². The molecule has 0 N–H and O–H groups in total. The molecular formula is C19H15N3S. The molecule has 0 aliphatic heterocycles. The Morgan fingerprint density at radius 2 is 1.57 bits per heavy atom. The zero-order valence-corrected chi connectivity index (χ0v) is 13.5. The first-order chi connectivity index (χ1) is 11.3. The van der Waals surface area contributed by atoms with Crippen LogP contribution in [-0.4, -0.2) is 14.8 Å². The topological polar surface area (TPSA) is 30.7 Å². The summed E-state index contributed by atoms with van der Waals surface area (Å²) < 4.78 is 1.97. The first kappa shape index (κ1) is 13.9. The van der Waals surface area contributed by atoms with Crippen molar-refractivity contribution in [3.05, 3.63) is 78.6 Å². The molecule has 0 radical (unpaired) electrons. The van der Waals surface area contributed by atoms with Crippen molar-refractivity contribution in [1.82, 2.24) is 14.8 Å². The molecule has 0 fully saturated rings. The number of aromatic nitrogens is 3. The molecule has 0 atom stereocenters. The van der Waals surface area contributed by atoms with Gasteiger partial charge in [0.25, 0.3) is 0 Å². The molecule has 3 nitrogen and oxygen atoms in total. The zero-order valence-electron chi connectivity index (χ0n) is 12.7. The summed E-state index contributed by atoms with van der Waals surface area (Å²) in [5.74, 6) is 0. The Balaban J connectivity index is 1.81. The van der Waals surface area contributed by atoms with Crippen LogP contribution in [0.5, 0.6) is 0 Å². The molecule has 4 rings (SSSR count). The van der Waals surface area contributed by atoms with E-state index in [4.69, 9.17) is 4.98 Å². The van der Waals surface area contributed by atoms with Crippen molar-refractivity contribution in [2.75, 3.05) is 0 Å². The summed E-state index contributed by atoms with van der Waals surface area (Å²) in [4.78, 5) is 5.91. The number of aryl methyl sites for hydroxylation is 1. The van der Waals surface area contributed by atoms with Gasteiger partial charge >= 0.3 is 0 Å². The van der Waals surface area contributed by atoms with Crippen molar-refractivity contribution >= 4 is 11.3 Å². The van der Waals surface area contributed by atoms with Gasteiger partial charge in [-0.3, -0.25) is 0 Å². The van der Waals surface area contributed by atoms with E-state index in [0.717, 1.165) is 32.5 Å². The van der Waals surface area contributed by atoms with Gasteiger partial charge in [0.1, 0.15) is 5.01 Å². The van der Waals surface area contributed by atoms with Crippen LogP contribution in [0.1, 0.15) is 5.69 Å². The highest BCUT2D eigenvalue weighted by Crippen LogP contribution is 2.35. The van der Waals surface area contributed by atoms with Crippen molar-refractivity contribution < 1.29 is 0 Å². The van der Waals surface area contributed by atoms with Crippen LogP contribution in [-0.2, 0) is 0 Å². The fraction of sp³-hybridized carbons (Fsp3) is 0.0526. The quantitative estimate of drug-likeness (QED) is 0.534. The van der Waals surface area contributed by atoms with E-state index >= 15 is 0 Å². The van der Waals surface area contributed by atoms with E-state index in [1.807, 2.05) is 53.3 Å². The molecule has 0 saturated carbocycles. The van der Waals surface area contributed by atoms with Crippen LogP contribution in [0.3, 0.4) is 0 Å². The van der Waals surface area contributed by atoms with E-state index in [2.05, 4.69) is 36.3 Å². The fourth-order valence-electron chi connectivity index (χ4n) is 2.59. The molecule has 2 aromatic carbocycles. The maximum absolute atomic E-state index is 4.75. The van der Waals surface area contributed by atoms with Gasteiger partial charge in [-0.1, -0.05) is 48.5 Å². The monoisotopic (exact) mass is 317 g/mol. The second kappa shape index (κ2) is 5.82. The summed E-state index contributed by atoms with van der Waals surface area (Å²) >= 11 is 1.71. The lowest BCUT2D eigenvalue weighted by Crippen LogP contribution is -1.98. The van der Waals surface area contributed by atoms with E-state index in [9.17, 15) is 0 Å². The molecular weight excluding hydrogens is 302 g/mol. The molecule has 4 heteroatoms. The number of para-hydroxylation sites is 1. The van der Waals surface area contributed by atoms with Gasteiger partial charge in [0.05, 0.1) is 28.1 Å². The average molecular weight is 317 g/mol. The fourth-order valence-corrected chi connectivity index (χ4v) is 3.67. The number of nitrogens with zero attached hydrogens (tertiary/aromatic N) is 3. The molecule has 0 spiro atoms. The third-order valence-corrected chi connectivity index (χ3v) is 4.92. The Labute approximate surface area is 138 Å². The summed E-state index contributed by atoms with van der Waals surface area (Å²) in [5, 5.41) is 5.52. The second-order valence-corrected chi connectivity index (χ2v) is 6.26. The van der Waals surface area contributed by atoms with Gasteiger partial charge in [0, 0.05) is 5.56 Å². The smallest absolute Gasteiger partial charge is 0.124 e. The molecule has 0 aliphatic rings. The normalized spacial score (nSPS) is 10.8. The maximum atomic E-state index is 4.75. The average Bonchev–Trinajstić information content (AvgIpc) is 3.23. The number of thiazole rings is 1. The molecule has 0 aliphatic carbocycles. The summed E-state index contributed by atoms with van der Waals surface area (Å²) in [6.07, 6.45) is 1.84. The molecule has 2 aromatic heterocycles. The zero-order chi connectivity index (χ0) is 15.6. The van der Waals surface area contributed by atoms with Gasteiger partial charge in [-0.05, 0) is 25.1 Å². The van der Waals surface area contributed by atoms with Crippen molar-refractivity contribution in [3.63, 3.8) is 0 Å². The van der Waals surface area contributed by atoms with Gasteiger partial charge in [0.15, 0.2) is 0 Å². The SMILES string of the molecule is Cc1nc(-c2ccccc2)sc1-c1ccnn1-c1ccccc1. The second-order valence-electron chi connectivity index (χ2n) is 5.26. The maximum Gasteiger partial charge on any atom is 0.124 e. The minimum atomic E-state index is 1.03. The van der Waals surface area contributed by atoms with Crippen LogP contribution in [0.4, 0.5) is 0 Å². The van der Waals surface area contributed by atoms with E-state index in [-0.39, 0.29) is 0 Å². The van der Waals surface area contributed by atoms with Crippen molar-refractivity contribution in [2.24, 2.45) is 0 Å². The van der Waals surface area contributed by atoms with Crippen LogP contribution in [0, 0.1) is 6.92 Å². The lowest BCUT2D eigenvalue weighted by atomic mass is 10.2. The van der Waals surface area contributed by atoms with Gasteiger partial charge < -0.3 is 0 Å². The Hall–Kier alpha value is -2.72. The van der Waals surface area contributed by atoms with E-state index in [1.165, 1.54) is 0 Å². The minimum absolute atomic E-state index is 1.03. The first-order valence-electron chi connectivity index (χ1n) is 7.45. The first-order valence-corrected chi connectivity index (χ1v) is 8.27. The van der Waals surface area contributed by atoms with Gasteiger partial charge in [0.2, 0.25) is 0 Å². The van der Waals surface area contributed by atoms with Crippen molar-refractivity contribution in [2.45, 2.75) is 6.92 Å². The highest BCUT2D eigenvalue weighted by Gasteiger charge is 2.15. The summed E-state index contributed by atoms with van der Waals surface area (Å²) in [5.41, 5.74) is 4.32. The number of rotatable bonds is 3. The standard InChI is InChI=1S/C19H15N3S/c1-14-18(23-19(21-14)15-8-4-2-5-9-15)17-12-13-20-22(17)16-10-6-3-7-11-16/h2-13H,1H3. The lowest BCUT2D eigenvalue weighted by Gasteiger charge is -2.06. The molecule has 112 valence electrons. The summed E-state index contributed by atoms with van der Waals surface area (Å²) in [7, 11) is 0. The van der Waals surface area contributed by atoms with Gasteiger partial charge in [-0.15, -0.1) is 11.3 Å². The Morgan fingerprint density at radius 3 is 2.30 bits per heavy atom. The largest absolute Gasteiger partial charge is 0.241 e. The van der Waals surface area contributed by atoms with Crippen LogP contribution >= 0.6 is 11.3 Å². The van der Waals surface area contributed by atoms with Crippen LogP contribution in [0.2, 0.25) is 0 Å². The number of benzene rings is 2. The highest BCUT2D eigenvalue weighted by atomic mass is 32.1. The molecule has 0 saturated heterocycles. The van der Waals surface area contributed by atoms with Gasteiger partial charge in [-0.2, -0.15) is 5.10 Å². The Bertz CT molecular complexity index is 924. The Kier molecular flexibility index (Phi) is 3.52. The van der Waals surface area contributed by atoms with E-state index < -0.39 is 0 Å². The van der Waals surface area contributed by atoms with Crippen molar-refractivity contribution in [3.8, 4) is 26.8 Å². The third-order valence-electron chi connectivity index (χ3n) is 3.69. The third kappa shape index (κ3) is 2.58. The van der Waals surface area contributed by atoms with Gasteiger partial charge in [-0.25, -0.2) is 9.67 Å². The highest BCUT2D eigenvalue weighted by molar-refractivity contribution is 7.18. The van der Waals surface area contributed by atoms with Crippen LogP contribution in [0.15, 0.2) is 72.9 Å². The molecule has 2 heterocycles. The molecule has 0 unspecified atom stereocenters. The number of hydrogen-bond donors (Lipinski definition) is 0. The minimum Gasteiger partial charge on any atom is -0.241 e. The summed E-state index contributed by atoms with van der Waals surface area (Å²) in [6, 6.07) is 22.5. The summed E-state index contributed by atoms with van der Waals surface area (Å²) in [6.45, 7) is 2.06. The molecule has 0 amide bonds. The predicted octanol–water partition coefficient (Wildman–Crippen LogP) is 4.97. The molecule has 0 bridgehead atoms. The lowest BCUT2D eigenvalue weighted by molar-refractivity contribution is 0.888. The van der Waals surface area contributed by atoms with E-state index in [0.29, 0.717) is 0 Å². The molecule has 4 aromatic rings. The predicted molar refractivity (Wildman–Crippen MR) is 94.8 cm³/mol. The van der Waals surface area contributed by atoms with Crippen molar-refractivity contribution in [1.29, 1.82) is 0 Å². The molecule has 23 heavy (non-hydrogen) atoms.